The van der Waals surface area contributed by atoms with Gasteiger partial charge in [-0.15, -0.1) is 0 Å². The Morgan fingerprint density at radius 2 is 0.792 bits per heavy atom. The van der Waals surface area contributed by atoms with Crippen molar-refractivity contribution in [1.29, 1.82) is 0 Å². The third-order valence-corrected chi connectivity index (χ3v) is 7.12. The van der Waals surface area contributed by atoms with Crippen LogP contribution in [-0.2, 0) is 56.9 Å². The van der Waals surface area contributed by atoms with Crippen LogP contribution >= 0.6 is 0 Å². The molecule has 0 aromatic heterocycles. The fourth-order valence-electron chi connectivity index (χ4n) is 4.30. The van der Waals surface area contributed by atoms with Crippen LogP contribution in [0.15, 0.2) is 24.3 Å². The van der Waals surface area contributed by atoms with Crippen molar-refractivity contribution in [1.82, 2.24) is 0 Å². The Morgan fingerprint density at radius 1 is 0.472 bits per heavy atom. The van der Waals surface area contributed by atoms with E-state index in [0.717, 1.165) is 12.8 Å². The quantitative estimate of drug-likeness (QED) is 0.0396. The van der Waals surface area contributed by atoms with E-state index in [0.29, 0.717) is 151 Å². The van der Waals surface area contributed by atoms with Crippen LogP contribution in [-0.4, -0.2) is 156 Å². The van der Waals surface area contributed by atoms with Crippen LogP contribution in [0, 0.1) is 10.1 Å². The van der Waals surface area contributed by atoms with E-state index in [1.807, 2.05) is 0 Å². The van der Waals surface area contributed by atoms with Gasteiger partial charge < -0.3 is 56.8 Å². The highest BCUT2D eigenvalue weighted by Gasteiger charge is 2.05. The van der Waals surface area contributed by atoms with E-state index in [4.69, 9.17) is 56.8 Å². The first-order chi connectivity index (χ1) is 26.1. The summed E-state index contributed by atoms with van der Waals surface area (Å²) in [7, 11) is 0. The molecule has 0 aliphatic rings. The minimum Gasteiger partial charge on any atom is -0.491 e. The van der Waals surface area contributed by atoms with Crippen molar-refractivity contribution in [3.05, 3.63) is 34.4 Å². The van der Waals surface area contributed by atoms with Crippen molar-refractivity contribution in [2.45, 2.75) is 51.9 Å². The van der Waals surface area contributed by atoms with Crippen molar-refractivity contribution in [2.75, 3.05) is 145 Å². The van der Waals surface area contributed by atoms with Gasteiger partial charge in [0.1, 0.15) is 19.0 Å². The Bertz CT molecular complexity index is 941. The van der Waals surface area contributed by atoms with Crippen LogP contribution in [0.3, 0.4) is 0 Å². The zero-order chi connectivity index (χ0) is 38.1. The predicted molar refractivity (Wildman–Crippen MR) is 196 cm³/mol. The van der Waals surface area contributed by atoms with Crippen molar-refractivity contribution >= 4 is 11.7 Å². The maximum absolute atomic E-state index is 11.7. The number of esters is 1. The summed E-state index contributed by atoms with van der Waals surface area (Å²) in [4.78, 5) is 21.9. The number of non-ortho nitro benzene ring substituents is 1. The number of rotatable bonds is 42. The summed E-state index contributed by atoms with van der Waals surface area (Å²) in [6.45, 7) is 12.0. The second-order valence-electron chi connectivity index (χ2n) is 11.5. The maximum Gasteiger partial charge on any atom is 0.305 e. The van der Waals surface area contributed by atoms with E-state index >= 15 is 0 Å². The Balaban J connectivity index is 1.65. The first-order valence-electron chi connectivity index (χ1n) is 18.9. The summed E-state index contributed by atoms with van der Waals surface area (Å²) in [6.07, 6.45) is 7.38. The second-order valence-corrected chi connectivity index (χ2v) is 11.5. The minimum atomic E-state index is -0.453. The molecule has 0 heterocycles. The lowest BCUT2D eigenvalue weighted by Crippen LogP contribution is -2.15. The van der Waals surface area contributed by atoms with Crippen LogP contribution in [0.1, 0.15) is 51.9 Å². The lowest BCUT2D eigenvalue weighted by Gasteiger charge is -2.09. The van der Waals surface area contributed by atoms with Gasteiger partial charge in [0.15, 0.2) is 0 Å². The number of nitro groups is 1. The molecule has 1 rings (SSSR count). The number of hydrogen-bond acceptors (Lipinski definition) is 15. The highest BCUT2D eigenvalue weighted by Crippen LogP contribution is 2.17. The Kier molecular flexibility index (Phi) is 35.9. The van der Waals surface area contributed by atoms with Gasteiger partial charge in [-0.05, 0) is 18.6 Å². The van der Waals surface area contributed by atoms with Crippen LogP contribution in [0.25, 0.3) is 0 Å². The smallest absolute Gasteiger partial charge is 0.305 e. The number of carbonyl (C=O) groups excluding carboxylic acids is 1. The van der Waals surface area contributed by atoms with Gasteiger partial charge >= 0.3 is 5.97 Å². The summed E-state index contributed by atoms with van der Waals surface area (Å²) in [5.41, 5.74) is 0.0231. The molecule has 16 heteroatoms. The fraction of sp³-hybridized carbons (Fsp3) is 0.811. The van der Waals surface area contributed by atoms with Gasteiger partial charge in [-0.25, -0.2) is 0 Å². The average Bonchev–Trinajstić information content (AvgIpc) is 3.16. The molecular formula is C37H65NO15. The molecule has 0 aliphatic heterocycles. The van der Waals surface area contributed by atoms with Gasteiger partial charge in [-0.3, -0.25) is 14.9 Å². The number of benzene rings is 1. The van der Waals surface area contributed by atoms with Crippen molar-refractivity contribution in [3.8, 4) is 5.75 Å². The molecule has 0 saturated heterocycles. The highest BCUT2D eigenvalue weighted by molar-refractivity contribution is 5.69. The van der Waals surface area contributed by atoms with E-state index in [9.17, 15) is 14.9 Å². The summed E-state index contributed by atoms with van der Waals surface area (Å²) < 4.78 is 65.3. The molecule has 0 radical (unpaired) electrons. The zero-order valence-corrected chi connectivity index (χ0v) is 31.9. The van der Waals surface area contributed by atoms with E-state index in [1.54, 1.807) is 12.1 Å². The predicted octanol–water partition coefficient (Wildman–Crippen LogP) is 4.43. The first kappa shape index (κ1) is 48.5. The van der Waals surface area contributed by atoms with Crippen molar-refractivity contribution in [2.24, 2.45) is 0 Å². The molecule has 16 nitrogen and oxygen atoms in total. The molecule has 1 aromatic carbocycles. The first-order valence-corrected chi connectivity index (χ1v) is 18.9. The molecule has 1 aromatic rings. The standard InChI is InChI=1S/C37H65NO15/c1-2-3-4-5-6-7-8-37(39)53-34-32-51-30-28-49-26-24-47-22-20-45-18-16-43-14-13-42-15-17-44-19-21-46-23-25-48-27-29-50-31-33-52-36-11-9-35(10-12-36)38(40)41/h9-12H,2-8,13-34H2,1H3. The Morgan fingerprint density at radius 3 is 1.15 bits per heavy atom. The van der Waals surface area contributed by atoms with Crippen LogP contribution in [0.2, 0.25) is 0 Å². The zero-order valence-electron chi connectivity index (χ0n) is 31.9. The topological polar surface area (TPSA) is 171 Å². The monoisotopic (exact) mass is 763 g/mol. The lowest BCUT2D eigenvalue weighted by atomic mass is 10.1. The van der Waals surface area contributed by atoms with E-state index in [-0.39, 0.29) is 18.3 Å². The molecule has 0 fully saturated rings. The van der Waals surface area contributed by atoms with Crippen LogP contribution in [0.5, 0.6) is 5.75 Å². The molecule has 0 spiro atoms. The largest absolute Gasteiger partial charge is 0.491 e. The van der Waals surface area contributed by atoms with Crippen LogP contribution in [0.4, 0.5) is 5.69 Å². The third-order valence-electron chi connectivity index (χ3n) is 7.12. The summed E-state index contributed by atoms with van der Waals surface area (Å²) in [6, 6.07) is 5.90. The van der Waals surface area contributed by atoms with Gasteiger partial charge in [0, 0.05) is 18.6 Å². The molecule has 0 aliphatic carbocycles. The average molecular weight is 764 g/mol. The summed E-state index contributed by atoms with van der Waals surface area (Å²) in [5.74, 6) is 0.403. The fourth-order valence-corrected chi connectivity index (χ4v) is 4.30. The minimum absolute atomic E-state index is 0.0231. The van der Waals surface area contributed by atoms with Gasteiger partial charge in [0.05, 0.1) is 137 Å². The number of hydrogen-bond donors (Lipinski definition) is 0. The molecule has 0 N–H and O–H groups in total. The van der Waals surface area contributed by atoms with Crippen LogP contribution < -0.4 is 4.74 Å². The van der Waals surface area contributed by atoms with Gasteiger partial charge in [-0.2, -0.15) is 0 Å². The number of ether oxygens (including phenoxy) is 12. The molecule has 0 atom stereocenters. The second kappa shape index (κ2) is 39.2. The SMILES string of the molecule is CCCCCCCCC(=O)OCCOCCOCCOCCOCCOCCOCCOCCOCCOCCOCCOc1ccc([N+](=O)[O-])cc1. The van der Waals surface area contributed by atoms with Crippen molar-refractivity contribution < 1.29 is 66.6 Å². The Hall–Kier alpha value is -2.51. The molecule has 0 saturated carbocycles. The molecule has 53 heavy (non-hydrogen) atoms. The molecular weight excluding hydrogens is 698 g/mol. The third kappa shape index (κ3) is 35.0. The van der Waals surface area contributed by atoms with Gasteiger partial charge in [0.2, 0.25) is 0 Å². The lowest BCUT2D eigenvalue weighted by molar-refractivity contribution is -0.384. The molecule has 0 unspecified atom stereocenters. The maximum atomic E-state index is 11.7. The van der Waals surface area contributed by atoms with Crippen molar-refractivity contribution in [3.63, 3.8) is 0 Å². The highest BCUT2D eigenvalue weighted by atomic mass is 16.6. The molecule has 0 bridgehead atoms. The van der Waals surface area contributed by atoms with Gasteiger partial charge in [0.25, 0.3) is 5.69 Å². The number of carbonyl (C=O) groups is 1. The number of nitro benzene ring substituents is 1. The van der Waals surface area contributed by atoms with Gasteiger partial charge in [-0.1, -0.05) is 39.0 Å². The Labute approximate surface area is 315 Å². The molecule has 308 valence electrons. The van der Waals surface area contributed by atoms with E-state index in [2.05, 4.69) is 6.92 Å². The number of unbranched alkanes of at least 4 members (excludes halogenated alkanes) is 5. The normalized spacial score (nSPS) is 11.3. The summed E-state index contributed by atoms with van der Waals surface area (Å²) >= 11 is 0. The van der Waals surface area contributed by atoms with E-state index < -0.39 is 4.92 Å². The summed E-state index contributed by atoms with van der Waals surface area (Å²) in [5, 5.41) is 10.6. The van der Waals surface area contributed by atoms with E-state index in [1.165, 1.54) is 37.8 Å². The molecule has 0 amide bonds. The number of nitrogens with zero attached hydrogens (tertiary/aromatic N) is 1.